The largest absolute Gasteiger partial charge is 0.322 e. The number of hydrogen-bond donors (Lipinski definition) is 1. The number of pyridine rings is 1. The highest BCUT2D eigenvalue weighted by molar-refractivity contribution is 6.30. The van der Waals surface area contributed by atoms with Crippen LogP contribution in [-0.2, 0) is 0 Å². The second-order valence-electron chi connectivity index (χ2n) is 8.08. The standard InChI is InChI=1S/C26H24Cl2FN3O/c27-21-5-3-18(4-6-21)2-1-13-32-14-10-19(11-15-32)23-17-22(29)7-8-24(23)31-26(33)20-9-12-30-25(28)16-20/h1-9,12,16-17,19H,10-11,13-15H2,(H,31,33). The highest BCUT2D eigenvalue weighted by Crippen LogP contribution is 2.34. The van der Waals surface area contributed by atoms with Crippen molar-refractivity contribution in [3.63, 3.8) is 0 Å². The van der Waals surface area contributed by atoms with Gasteiger partial charge < -0.3 is 5.32 Å². The van der Waals surface area contributed by atoms with Gasteiger partial charge in [0.2, 0.25) is 0 Å². The summed E-state index contributed by atoms with van der Waals surface area (Å²) in [4.78, 5) is 19.0. The lowest BCUT2D eigenvalue weighted by molar-refractivity contribution is 0.102. The maximum absolute atomic E-state index is 14.1. The average Bonchev–Trinajstić information content (AvgIpc) is 2.82. The molecule has 7 heteroatoms. The lowest BCUT2D eigenvalue weighted by Gasteiger charge is -2.32. The molecule has 1 saturated heterocycles. The lowest BCUT2D eigenvalue weighted by atomic mass is 9.88. The molecule has 2 heterocycles. The van der Waals surface area contributed by atoms with Crippen LogP contribution in [0, 0.1) is 5.82 Å². The molecule has 2 aromatic carbocycles. The molecule has 1 aromatic heterocycles. The number of benzene rings is 2. The molecule has 4 rings (SSSR count). The molecule has 4 nitrogen and oxygen atoms in total. The first-order valence-electron chi connectivity index (χ1n) is 10.8. The number of likely N-dealkylation sites (tertiary alicyclic amines) is 1. The van der Waals surface area contributed by atoms with Crippen LogP contribution in [0.15, 0.2) is 66.9 Å². The molecule has 0 spiro atoms. The molecule has 1 aliphatic rings. The quantitative estimate of drug-likeness (QED) is 0.398. The number of amides is 1. The van der Waals surface area contributed by atoms with Crippen molar-refractivity contribution >= 4 is 40.9 Å². The fraction of sp³-hybridized carbons (Fsp3) is 0.231. The Bertz CT molecular complexity index is 1140. The molecule has 1 amide bonds. The summed E-state index contributed by atoms with van der Waals surface area (Å²) in [6.45, 7) is 2.66. The van der Waals surface area contributed by atoms with Crippen LogP contribution in [0.25, 0.3) is 6.08 Å². The predicted octanol–water partition coefficient (Wildman–Crippen LogP) is 6.67. The topological polar surface area (TPSA) is 45.2 Å². The van der Waals surface area contributed by atoms with Crippen LogP contribution in [0.5, 0.6) is 0 Å². The third-order valence-electron chi connectivity index (χ3n) is 5.82. The molecular formula is C26H24Cl2FN3O. The van der Waals surface area contributed by atoms with E-state index in [9.17, 15) is 9.18 Å². The van der Waals surface area contributed by atoms with E-state index < -0.39 is 0 Å². The van der Waals surface area contributed by atoms with Gasteiger partial charge in [-0.15, -0.1) is 0 Å². The fourth-order valence-electron chi connectivity index (χ4n) is 4.06. The molecule has 33 heavy (non-hydrogen) atoms. The van der Waals surface area contributed by atoms with E-state index in [0.717, 1.165) is 48.6 Å². The first-order valence-corrected chi connectivity index (χ1v) is 11.6. The second-order valence-corrected chi connectivity index (χ2v) is 8.91. The summed E-state index contributed by atoms with van der Waals surface area (Å²) < 4.78 is 14.1. The van der Waals surface area contributed by atoms with E-state index in [2.05, 4.69) is 27.4 Å². The van der Waals surface area contributed by atoms with E-state index in [1.165, 1.54) is 24.4 Å². The zero-order chi connectivity index (χ0) is 23.2. The number of piperidine rings is 1. The Hall–Kier alpha value is -2.73. The smallest absolute Gasteiger partial charge is 0.255 e. The van der Waals surface area contributed by atoms with E-state index >= 15 is 0 Å². The van der Waals surface area contributed by atoms with Crippen LogP contribution in [0.2, 0.25) is 10.2 Å². The van der Waals surface area contributed by atoms with Crippen LogP contribution in [-0.4, -0.2) is 35.4 Å². The number of aromatic nitrogens is 1. The third kappa shape index (κ3) is 6.41. The predicted molar refractivity (Wildman–Crippen MR) is 133 cm³/mol. The minimum absolute atomic E-state index is 0.175. The Morgan fingerprint density at radius 2 is 1.85 bits per heavy atom. The molecule has 0 saturated carbocycles. The first-order chi connectivity index (χ1) is 16.0. The van der Waals surface area contributed by atoms with Crippen molar-refractivity contribution in [1.82, 2.24) is 9.88 Å². The molecule has 0 bridgehead atoms. The number of nitrogens with one attached hydrogen (secondary N) is 1. The van der Waals surface area contributed by atoms with E-state index in [1.54, 1.807) is 12.1 Å². The number of hydrogen-bond acceptors (Lipinski definition) is 3. The number of carbonyl (C=O) groups is 1. The average molecular weight is 484 g/mol. The Morgan fingerprint density at radius 3 is 2.58 bits per heavy atom. The van der Waals surface area contributed by atoms with Gasteiger partial charge in [-0.3, -0.25) is 9.69 Å². The van der Waals surface area contributed by atoms with E-state index in [-0.39, 0.29) is 22.8 Å². The number of carbonyl (C=O) groups excluding carboxylic acids is 1. The van der Waals surface area contributed by atoms with Crippen LogP contribution >= 0.6 is 23.2 Å². The molecule has 0 aliphatic carbocycles. The molecule has 0 radical (unpaired) electrons. The van der Waals surface area contributed by atoms with Gasteiger partial charge in [-0.1, -0.05) is 47.5 Å². The van der Waals surface area contributed by atoms with Crippen LogP contribution < -0.4 is 5.32 Å². The molecule has 0 atom stereocenters. The first kappa shape index (κ1) is 23.4. The van der Waals surface area contributed by atoms with Crippen molar-refractivity contribution in [3.8, 4) is 0 Å². The highest BCUT2D eigenvalue weighted by Gasteiger charge is 2.23. The van der Waals surface area contributed by atoms with Crippen LogP contribution in [0.1, 0.15) is 40.2 Å². The SMILES string of the molecule is O=C(Nc1ccc(F)cc1C1CCN(CC=Cc2ccc(Cl)cc2)CC1)c1ccnc(Cl)c1. The molecule has 3 aromatic rings. The number of rotatable bonds is 6. The van der Waals surface area contributed by atoms with Gasteiger partial charge in [0, 0.05) is 29.0 Å². The summed E-state index contributed by atoms with van der Waals surface area (Å²) >= 11 is 11.8. The normalized spacial score (nSPS) is 15.1. The Morgan fingerprint density at radius 1 is 1.09 bits per heavy atom. The summed E-state index contributed by atoms with van der Waals surface area (Å²) in [6, 6.07) is 15.4. The van der Waals surface area contributed by atoms with Crippen molar-refractivity contribution in [2.75, 3.05) is 25.0 Å². The minimum atomic E-state index is -0.303. The number of halogens is 3. The van der Waals surface area contributed by atoms with E-state index in [4.69, 9.17) is 23.2 Å². The van der Waals surface area contributed by atoms with Crippen molar-refractivity contribution < 1.29 is 9.18 Å². The van der Waals surface area contributed by atoms with Gasteiger partial charge in [0.05, 0.1) is 0 Å². The van der Waals surface area contributed by atoms with Gasteiger partial charge in [-0.2, -0.15) is 0 Å². The fourth-order valence-corrected chi connectivity index (χ4v) is 4.36. The zero-order valence-corrected chi connectivity index (χ0v) is 19.5. The number of nitrogens with zero attached hydrogens (tertiary/aromatic N) is 2. The van der Waals surface area contributed by atoms with Crippen LogP contribution in [0.4, 0.5) is 10.1 Å². The minimum Gasteiger partial charge on any atom is -0.322 e. The Labute approximate surface area is 203 Å². The molecule has 0 unspecified atom stereocenters. The zero-order valence-electron chi connectivity index (χ0n) is 18.0. The molecule has 1 N–H and O–H groups in total. The summed E-state index contributed by atoms with van der Waals surface area (Å²) in [5.41, 5.74) is 2.99. The van der Waals surface area contributed by atoms with Crippen molar-refractivity contribution in [2.24, 2.45) is 0 Å². The highest BCUT2D eigenvalue weighted by atomic mass is 35.5. The van der Waals surface area contributed by atoms with Crippen molar-refractivity contribution in [1.29, 1.82) is 0 Å². The molecular weight excluding hydrogens is 460 g/mol. The summed E-state index contributed by atoms with van der Waals surface area (Å²) in [5, 5.41) is 3.90. The second kappa shape index (κ2) is 10.9. The summed E-state index contributed by atoms with van der Waals surface area (Å²) in [7, 11) is 0. The van der Waals surface area contributed by atoms with E-state index in [0.29, 0.717) is 11.3 Å². The number of anilines is 1. The third-order valence-corrected chi connectivity index (χ3v) is 6.28. The monoisotopic (exact) mass is 483 g/mol. The maximum atomic E-state index is 14.1. The molecule has 170 valence electrons. The lowest BCUT2D eigenvalue weighted by Crippen LogP contribution is -2.33. The van der Waals surface area contributed by atoms with Gasteiger partial charge in [0.25, 0.3) is 5.91 Å². The Kier molecular flexibility index (Phi) is 7.76. The van der Waals surface area contributed by atoms with Crippen molar-refractivity contribution in [2.45, 2.75) is 18.8 Å². The summed E-state index contributed by atoms with van der Waals surface area (Å²) in [5.74, 6) is -0.422. The molecule has 1 fully saturated rings. The van der Waals surface area contributed by atoms with Crippen LogP contribution in [0.3, 0.4) is 0 Å². The Balaban J connectivity index is 1.38. The van der Waals surface area contributed by atoms with Gasteiger partial charge in [-0.25, -0.2) is 9.37 Å². The maximum Gasteiger partial charge on any atom is 0.255 e. The van der Waals surface area contributed by atoms with Gasteiger partial charge >= 0.3 is 0 Å². The molecule has 1 aliphatic heterocycles. The van der Waals surface area contributed by atoms with E-state index in [1.807, 2.05) is 24.3 Å². The summed E-state index contributed by atoms with van der Waals surface area (Å²) in [6.07, 6.45) is 7.51. The van der Waals surface area contributed by atoms with Gasteiger partial charge in [0.1, 0.15) is 11.0 Å². The van der Waals surface area contributed by atoms with Gasteiger partial charge in [-0.05, 0) is 85.4 Å². The van der Waals surface area contributed by atoms with Gasteiger partial charge in [0.15, 0.2) is 0 Å². The van der Waals surface area contributed by atoms with Crippen molar-refractivity contribution in [3.05, 3.63) is 99.6 Å².